The molecule has 2 N–H and O–H groups in total. The van der Waals surface area contributed by atoms with Crippen molar-refractivity contribution in [2.75, 3.05) is 7.11 Å². The zero-order valence-electron chi connectivity index (χ0n) is 14.0. The van der Waals surface area contributed by atoms with Crippen LogP contribution in [-0.2, 0) is 9.59 Å². The van der Waals surface area contributed by atoms with E-state index in [9.17, 15) is 9.59 Å². The fraction of sp³-hybridized carbons (Fsp3) is 0.0500. The van der Waals surface area contributed by atoms with Crippen LogP contribution in [0.2, 0.25) is 0 Å². The molecule has 2 aromatic carbocycles. The van der Waals surface area contributed by atoms with Gasteiger partial charge in [0.2, 0.25) is 0 Å². The van der Waals surface area contributed by atoms with E-state index in [1.165, 1.54) is 12.2 Å². The lowest BCUT2D eigenvalue weighted by Crippen LogP contribution is -1.86. The van der Waals surface area contributed by atoms with Crippen molar-refractivity contribution in [1.82, 2.24) is 0 Å². The van der Waals surface area contributed by atoms with Crippen LogP contribution in [0.1, 0.15) is 16.7 Å². The van der Waals surface area contributed by atoms with Crippen LogP contribution in [0, 0.1) is 11.3 Å². The third kappa shape index (κ3) is 8.13. The van der Waals surface area contributed by atoms with Crippen LogP contribution >= 0.6 is 0 Å². The summed E-state index contributed by atoms with van der Waals surface area (Å²) in [5.41, 5.74) is 2.16. The maximum atomic E-state index is 10.2. The third-order valence-corrected chi connectivity index (χ3v) is 2.99. The summed E-state index contributed by atoms with van der Waals surface area (Å²) in [6.45, 7) is 0. The molecule has 0 aliphatic rings. The fourth-order valence-electron chi connectivity index (χ4n) is 1.72. The van der Waals surface area contributed by atoms with Crippen molar-refractivity contribution in [3.05, 3.63) is 77.4 Å². The van der Waals surface area contributed by atoms with E-state index < -0.39 is 11.9 Å². The number of nitrogens with zero attached hydrogens (tertiary/aromatic N) is 1. The number of benzene rings is 2. The number of carbonyl (C=O) groups is 2. The average Bonchev–Trinajstić information content (AvgIpc) is 2.66. The highest BCUT2D eigenvalue weighted by molar-refractivity contribution is 5.85. The normalized spacial score (nSPS) is 10.0. The molecule has 0 saturated carbocycles. The molecule has 0 amide bonds. The second-order valence-electron chi connectivity index (χ2n) is 4.85. The van der Waals surface area contributed by atoms with E-state index in [1.54, 1.807) is 55.6 Å². The molecule has 0 saturated heterocycles. The number of methoxy groups -OCH3 is 1. The van der Waals surface area contributed by atoms with Crippen molar-refractivity contribution in [2.45, 2.75) is 0 Å². The molecular formula is C20H17NO5. The fourth-order valence-corrected chi connectivity index (χ4v) is 1.72. The second kappa shape index (κ2) is 10.8. The minimum absolute atomic E-state index is 0.562. The van der Waals surface area contributed by atoms with E-state index >= 15 is 0 Å². The maximum Gasteiger partial charge on any atom is 0.328 e. The highest BCUT2D eigenvalue weighted by atomic mass is 16.5. The smallest absolute Gasteiger partial charge is 0.328 e. The summed E-state index contributed by atoms with van der Waals surface area (Å²) in [6.07, 6.45) is 5.16. The number of nitriles is 1. The molecule has 0 fully saturated rings. The number of ether oxygens (including phenoxy) is 1. The molecule has 0 atom stereocenters. The molecule has 132 valence electrons. The lowest BCUT2D eigenvalue weighted by Gasteiger charge is -1.98. The Kier molecular flexibility index (Phi) is 8.42. The largest absolute Gasteiger partial charge is 0.497 e. The first-order valence-electron chi connectivity index (χ1n) is 7.41. The molecule has 26 heavy (non-hydrogen) atoms. The van der Waals surface area contributed by atoms with Gasteiger partial charge in [-0.3, -0.25) is 0 Å². The lowest BCUT2D eigenvalue weighted by atomic mass is 10.1. The predicted molar refractivity (Wildman–Crippen MR) is 97.5 cm³/mol. The highest BCUT2D eigenvalue weighted by Crippen LogP contribution is 2.12. The zero-order valence-corrected chi connectivity index (χ0v) is 14.0. The number of carboxylic acid groups (broad SMARTS) is 2. The summed E-state index contributed by atoms with van der Waals surface area (Å²) in [5, 5.41) is 25.2. The Bertz CT molecular complexity index is 828. The number of hydrogen-bond acceptors (Lipinski definition) is 4. The van der Waals surface area contributed by atoms with E-state index in [1.807, 2.05) is 6.07 Å². The maximum absolute atomic E-state index is 10.2. The van der Waals surface area contributed by atoms with Crippen molar-refractivity contribution in [3.63, 3.8) is 0 Å². The van der Waals surface area contributed by atoms with E-state index in [-0.39, 0.29) is 0 Å². The predicted octanol–water partition coefficient (Wildman–Crippen LogP) is 3.45. The van der Waals surface area contributed by atoms with Crippen molar-refractivity contribution in [3.8, 4) is 11.8 Å². The first-order chi connectivity index (χ1) is 12.4. The summed E-state index contributed by atoms with van der Waals surface area (Å²) in [7, 11) is 1.59. The summed E-state index contributed by atoms with van der Waals surface area (Å²) >= 11 is 0. The van der Waals surface area contributed by atoms with Crippen molar-refractivity contribution >= 4 is 24.1 Å². The first-order valence-corrected chi connectivity index (χ1v) is 7.41. The number of rotatable bonds is 5. The highest BCUT2D eigenvalue weighted by Gasteiger charge is 1.92. The third-order valence-electron chi connectivity index (χ3n) is 2.99. The molecule has 0 aliphatic carbocycles. The Morgan fingerprint density at radius 2 is 1.31 bits per heavy atom. The first kappa shape index (κ1) is 20.2. The van der Waals surface area contributed by atoms with E-state index in [0.29, 0.717) is 5.56 Å². The minimum atomic E-state index is -0.982. The minimum Gasteiger partial charge on any atom is -0.497 e. The SMILES string of the molecule is COc1ccc(/C=C/C(=O)O)cc1.N#Cc1ccc(/C=C/C(=O)O)cc1. The van der Waals surface area contributed by atoms with Gasteiger partial charge in [-0.25, -0.2) is 9.59 Å². The summed E-state index contributed by atoms with van der Waals surface area (Å²) in [4.78, 5) is 20.3. The van der Waals surface area contributed by atoms with Crippen LogP contribution in [0.5, 0.6) is 5.75 Å². The quantitative estimate of drug-likeness (QED) is 0.799. The number of aliphatic carboxylic acids is 2. The van der Waals surface area contributed by atoms with Gasteiger partial charge in [0, 0.05) is 12.2 Å². The molecule has 2 rings (SSSR count). The van der Waals surface area contributed by atoms with Crippen LogP contribution in [0.15, 0.2) is 60.7 Å². The molecule has 2 aromatic rings. The van der Waals surface area contributed by atoms with Crippen LogP contribution in [0.3, 0.4) is 0 Å². The van der Waals surface area contributed by atoms with Crippen LogP contribution < -0.4 is 4.74 Å². The van der Waals surface area contributed by atoms with Gasteiger partial charge in [-0.05, 0) is 47.5 Å². The molecule has 0 unspecified atom stereocenters. The van der Waals surface area contributed by atoms with Gasteiger partial charge in [0.1, 0.15) is 5.75 Å². The molecule has 0 heterocycles. The topological polar surface area (TPSA) is 108 Å². The molecule has 0 aliphatic heterocycles. The van der Waals surface area contributed by atoms with Crippen molar-refractivity contribution < 1.29 is 24.5 Å². The molecule has 6 nitrogen and oxygen atoms in total. The van der Waals surface area contributed by atoms with Gasteiger partial charge in [-0.2, -0.15) is 5.26 Å². The Morgan fingerprint density at radius 3 is 1.65 bits per heavy atom. The second-order valence-corrected chi connectivity index (χ2v) is 4.85. The van der Waals surface area contributed by atoms with Gasteiger partial charge in [0.05, 0.1) is 18.7 Å². The Morgan fingerprint density at radius 1 is 0.885 bits per heavy atom. The average molecular weight is 351 g/mol. The van der Waals surface area contributed by atoms with Crippen molar-refractivity contribution in [1.29, 1.82) is 5.26 Å². The molecular weight excluding hydrogens is 334 g/mol. The van der Waals surface area contributed by atoms with Gasteiger partial charge in [-0.1, -0.05) is 24.3 Å². The molecule has 6 heteroatoms. The van der Waals surface area contributed by atoms with E-state index in [2.05, 4.69) is 0 Å². The molecule has 0 spiro atoms. The van der Waals surface area contributed by atoms with Crippen LogP contribution in [0.4, 0.5) is 0 Å². The van der Waals surface area contributed by atoms with Crippen LogP contribution in [0.25, 0.3) is 12.2 Å². The van der Waals surface area contributed by atoms with E-state index in [4.69, 9.17) is 20.2 Å². The number of hydrogen-bond donors (Lipinski definition) is 2. The van der Waals surface area contributed by atoms with Crippen LogP contribution in [-0.4, -0.2) is 29.3 Å². The summed E-state index contributed by atoms with van der Waals surface area (Å²) < 4.78 is 4.95. The standard InChI is InChI=1S/C10H7NO2.C10H10O3/c11-7-9-3-1-8(2-4-9)5-6-10(12)13;1-13-9-5-2-8(3-6-9)4-7-10(11)12/h1-6H,(H,12,13);2-7H,1H3,(H,11,12)/b6-5+;7-4+. The summed E-state index contributed by atoms with van der Waals surface area (Å²) in [6, 6.07) is 15.8. The van der Waals surface area contributed by atoms with Gasteiger partial charge in [-0.15, -0.1) is 0 Å². The van der Waals surface area contributed by atoms with Gasteiger partial charge < -0.3 is 14.9 Å². The molecule has 0 bridgehead atoms. The van der Waals surface area contributed by atoms with E-state index in [0.717, 1.165) is 29.0 Å². The zero-order chi connectivity index (χ0) is 19.4. The van der Waals surface area contributed by atoms with Gasteiger partial charge >= 0.3 is 11.9 Å². The van der Waals surface area contributed by atoms with Gasteiger partial charge in [0.25, 0.3) is 0 Å². The lowest BCUT2D eigenvalue weighted by molar-refractivity contribution is -0.132. The molecule has 0 aromatic heterocycles. The monoisotopic (exact) mass is 351 g/mol. The Labute approximate surface area is 150 Å². The Hall–Kier alpha value is -3.85. The summed E-state index contributed by atoms with van der Waals surface area (Å²) in [5.74, 6) is -1.17. The Balaban J connectivity index is 0.000000260. The molecule has 0 radical (unpaired) electrons. The number of carboxylic acids is 2. The van der Waals surface area contributed by atoms with Gasteiger partial charge in [0.15, 0.2) is 0 Å². The van der Waals surface area contributed by atoms with Crippen molar-refractivity contribution in [2.24, 2.45) is 0 Å².